The highest BCUT2D eigenvalue weighted by molar-refractivity contribution is 5.92. The first kappa shape index (κ1) is 19.5. The zero-order valence-electron chi connectivity index (χ0n) is 16.1. The lowest BCUT2D eigenvalue weighted by atomic mass is 9.94. The average molecular weight is 350 g/mol. The predicted molar refractivity (Wildman–Crippen MR) is 108 cm³/mol. The van der Waals surface area contributed by atoms with E-state index in [4.69, 9.17) is 9.84 Å². The minimum Gasteiger partial charge on any atom is -0.490 e. The summed E-state index contributed by atoms with van der Waals surface area (Å²) in [6, 6.07) is 12.2. The van der Waals surface area contributed by atoms with Crippen LogP contribution < -0.4 is 4.74 Å². The molecule has 0 heterocycles. The van der Waals surface area contributed by atoms with Crippen LogP contribution in [0.5, 0.6) is 5.75 Å². The van der Waals surface area contributed by atoms with E-state index in [2.05, 4.69) is 18.2 Å². The van der Waals surface area contributed by atoms with E-state index in [0.29, 0.717) is 12.2 Å². The fourth-order valence-corrected chi connectivity index (χ4v) is 2.64. The zero-order valence-corrected chi connectivity index (χ0v) is 16.1. The van der Waals surface area contributed by atoms with Crippen LogP contribution >= 0.6 is 0 Å². The fraction of sp³-hybridized carbons (Fsp3) is 0.261. The Morgan fingerprint density at radius 1 is 1.04 bits per heavy atom. The van der Waals surface area contributed by atoms with Crippen LogP contribution in [-0.4, -0.2) is 17.7 Å². The number of ether oxygens (including phenoxy) is 1. The van der Waals surface area contributed by atoms with Gasteiger partial charge in [-0.2, -0.15) is 0 Å². The van der Waals surface area contributed by atoms with Crippen molar-refractivity contribution >= 4 is 12.0 Å². The van der Waals surface area contributed by atoms with Crippen molar-refractivity contribution in [1.29, 1.82) is 0 Å². The molecule has 0 amide bonds. The average Bonchev–Trinajstić information content (AvgIpc) is 2.58. The molecule has 0 atom stereocenters. The number of rotatable bonds is 6. The first-order chi connectivity index (χ1) is 12.3. The van der Waals surface area contributed by atoms with Gasteiger partial charge < -0.3 is 9.84 Å². The van der Waals surface area contributed by atoms with Gasteiger partial charge in [-0.15, -0.1) is 0 Å². The van der Waals surface area contributed by atoms with E-state index in [9.17, 15) is 4.79 Å². The standard InChI is InChI=1S/C23H26O3/c1-15(2)10-11-26-21-8-6-19(7-9-21)22-14-16(3)20(12-17(22)4)13-18(5)23(24)25/h6-10,12-14H,11H2,1-5H3,(H,24,25)/b18-13+. The van der Waals surface area contributed by atoms with Crippen LogP contribution in [0.15, 0.2) is 53.6 Å². The minimum absolute atomic E-state index is 0.332. The van der Waals surface area contributed by atoms with Gasteiger partial charge in [-0.05, 0) is 86.7 Å². The molecule has 136 valence electrons. The van der Waals surface area contributed by atoms with Crippen molar-refractivity contribution in [2.45, 2.75) is 34.6 Å². The van der Waals surface area contributed by atoms with Gasteiger partial charge in [0.15, 0.2) is 0 Å². The Hall–Kier alpha value is -2.81. The van der Waals surface area contributed by atoms with Gasteiger partial charge in [0.05, 0.1) is 0 Å². The molecule has 0 bridgehead atoms. The second-order valence-electron chi connectivity index (χ2n) is 6.77. The monoisotopic (exact) mass is 350 g/mol. The number of allylic oxidation sites excluding steroid dienone is 1. The molecule has 2 rings (SSSR count). The van der Waals surface area contributed by atoms with E-state index in [1.165, 1.54) is 5.57 Å². The lowest BCUT2D eigenvalue weighted by molar-refractivity contribution is -0.132. The van der Waals surface area contributed by atoms with E-state index in [0.717, 1.165) is 33.6 Å². The molecular weight excluding hydrogens is 324 g/mol. The molecule has 3 heteroatoms. The highest BCUT2D eigenvalue weighted by atomic mass is 16.5. The molecule has 0 fully saturated rings. The SMILES string of the molecule is CC(C)=CCOc1ccc(-c2cc(C)c(/C=C(\C)C(=O)O)cc2C)cc1. The van der Waals surface area contributed by atoms with E-state index in [-0.39, 0.29) is 0 Å². The largest absolute Gasteiger partial charge is 0.490 e. The van der Waals surface area contributed by atoms with Crippen LogP contribution in [0.1, 0.15) is 37.5 Å². The van der Waals surface area contributed by atoms with Crippen LogP contribution in [-0.2, 0) is 4.79 Å². The molecule has 26 heavy (non-hydrogen) atoms. The van der Waals surface area contributed by atoms with E-state index in [1.807, 2.05) is 52.0 Å². The summed E-state index contributed by atoms with van der Waals surface area (Å²) in [4.78, 5) is 11.0. The summed E-state index contributed by atoms with van der Waals surface area (Å²) in [6.45, 7) is 10.3. The van der Waals surface area contributed by atoms with Gasteiger partial charge in [-0.3, -0.25) is 0 Å². The first-order valence-corrected chi connectivity index (χ1v) is 8.67. The zero-order chi connectivity index (χ0) is 19.3. The van der Waals surface area contributed by atoms with Crippen molar-refractivity contribution in [3.8, 4) is 16.9 Å². The van der Waals surface area contributed by atoms with Gasteiger partial charge in [-0.25, -0.2) is 4.79 Å². The molecule has 2 aromatic rings. The summed E-state index contributed by atoms with van der Waals surface area (Å²) < 4.78 is 5.71. The smallest absolute Gasteiger partial charge is 0.331 e. The highest BCUT2D eigenvalue weighted by Gasteiger charge is 2.08. The Balaban J connectivity index is 2.26. The molecule has 2 aromatic carbocycles. The second kappa shape index (κ2) is 8.52. The Labute approximate surface area is 155 Å². The third-order valence-electron chi connectivity index (χ3n) is 4.23. The van der Waals surface area contributed by atoms with Gasteiger partial charge in [0, 0.05) is 5.57 Å². The first-order valence-electron chi connectivity index (χ1n) is 8.67. The van der Waals surface area contributed by atoms with Crippen LogP contribution in [0, 0.1) is 13.8 Å². The number of carbonyl (C=O) groups is 1. The summed E-state index contributed by atoms with van der Waals surface area (Å²) in [7, 11) is 0. The molecule has 0 unspecified atom stereocenters. The Morgan fingerprint density at radius 2 is 1.69 bits per heavy atom. The summed E-state index contributed by atoms with van der Waals surface area (Å²) in [5.74, 6) is -0.0490. The van der Waals surface area contributed by atoms with E-state index in [1.54, 1.807) is 13.0 Å². The molecular formula is C23H26O3. The molecule has 0 saturated carbocycles. The Kier molecular flexibility index (Phi) is 6.40. The van der Waals surface area contributed by atoms with Crippen molar-refractivity contribution in [3.63, 3.8) is 0 Å². The second-order valence-corrected chi connectivity index (χ2v) is 6.77. The van der Waals surface area contributed by atoms with Crippen molar-refractivity contribution in [2.75, 3.05) is 6.61 Å². The number of hydrogen-bond acceptors (Lipinski definition) is 2. The Morgan fingerprint density at radius 3 is 2.27 bits per heavy atom. The Bertz CT molecular complexity index is 852. The van der Waals surface area contributed by atoms with E-state index >= 15 is 0 Å². The molecule has 0 saturated heterocycles. The van der Waals surface area contributed by atoms with Gasteiger partial charge in [0.1, 0.15) is 12.4 Å². The fourth-order valence-electron chi connectivity index (χ4n) is 2.64. The molecule has 3 nitrogen and oxygen atoms in total. The number of hydrogen-bond donors (Lipinski definition) is 1. The van der Waals surface area contributed by atoms with Crippen LogP contribution in [0.4, 0.5) is 0 Å². The molecule has 0 radical (unpaired) electrons. The molecule has 0 aliphatic rings. The lowest BCUT2D eigenvalue weighted by Crippen LogP contribution is -1.97. The maximum atomic E-state index is 11.0. The molecule has 0 aliphatic heterocycles. The van der Waals surface area contributed by atoms with Gasteiger partial charge in [0.2, 0.25) is 0 Å². The van der Waals surface area contributed by atoms with Crippen LogP contribution in [0.3, 0.4) is 0 Å². The van der Waals surface area contributed by atoms with Gasteiger partial charge >= 0.3 is 5.97 Å². The third-order valence-corrected chi connectivity index (χ3v) is 4.23. The quantitative estimate of drug-likeness (QED) is 0.529. The molecule has 1 N–H and O–H groups in total. The summed E-state index contributed by atoms with van der Waals surface area (Å²) in [6.07, 6.45) is 3.77. The maximum absolute atomic E-state index is 11.0. The number of carboxylic acids is 1. The van der Waals surface area contributed by atoms with Gasteiger partial charge in [0.25, 0.3) is 0 Å². The maximum Gasteiger partial charge on any atom is 0.331 e. The lowest BCUT2D eigenvalue weighted by Gasteiger charge is -2.12. The third kappa shape index (κ3) is 5.09. The number of benzene rings is 2. The van der Waals surface area contributed by atoms with E-state index < -0.39 is 5.97 Å². The summed E-state index contributed by atoms with van der Waals surface area (Å²) in [5, 5.41) is 9.07. The summed E-state index contributed by atoms with van der Waals surface area (Å²) in [5.41, 5.74) is 6.92. The normalized spacial score (nSPS) is 11.2. The van der Waals surface area contributed by atoms with Gasteiger partial charge in [-0.1, -0.05) is 29.8 Å². The minimum atomic E-state index is -0.894. The van der Waals surface area contributed by atoms with Crippen molar-refractivity contribution in [1.82, 2.24) is 0 Å². The molecule has 0 aromatic heterocycles. The van der Waals surface area contributed by atoms with Crippen LogP contribution in [0.2, 0.25) is 0 Å². The van der Waals surface area contributed by atoms with Crippen LogP contribution in [0.25, 0.3) is 17.2 Å². The van der Waals surface area contributed by atoms with Crippen molar-refractivity contribution in [2.24, 2.45) is 0 Å². The van der Waals surface area contributed by atoms with Crippen molar-refractivity contribution in [3.05, 3.63) is 70.3 Å². The number of aliphatic carboxylic acids is 1. The number of aryl methyl sites for hydroxylation is 2. The topological polar surface area (TPSA) is 46.5 Å². The van der Waals surface area contributed by atoms with Crippen molar-refractivity contribution < 1.29 is 14.6 Å². The predicted octanol–water partition coefficient (Wildman–Crippen LogP) is 5.80. The highest BCUT2D eigenvalue weighted by Crippen LogP contribution is 2.29. The molecule has 0 spiro atoms. The molecule has 0 aliphatic carbocycles. The summed E-state index contributed by atoms with van der Waals surface area (Å²) >= 11 is 0. The number of carboxylic acid groups (broad SMARTS) is 1.